The van der Waals surface area contributed by atoms with Gasteiger partial charge in [0.05, 0.1) is 22.9 Å². The number of carbonyl (C=O) groups is 2. The number of nitrogens with one attached hydrogen (secondary N) is 1. The van der Waals surface area contributed by atoms with E-state index in [1.807, 2.05) is 28.9 Å². The van der Waals surface area contributed by atoms with Crippen molar-refractivity contribution >= 4 is 21.9 Å². The Hall–Kier alpha value is -4.24. The maximum absolute atomic E-state index is 13.2. The number of hydrogen-bond donors (Lipinski definition) is 1. The fourth-order valence-electron chi connectivity index (χ4n) is 4.92. The number of carbonyl (C=O) groups excluding carboxylic acids is 2. The lowest BCUT2D eigenvalue weighted by atomic mass is 10.00. The summed E-state index contributed by atoms with van der Waals surface area (Å²) in [6, 6.07) is 22.4. The van der Waals surface area contributed by atoms with Gasteiger partial charge in [0.1, 0.15) is 5.56 Å². The molecule has 3 aromatic carbocycles. The monoisotopic (exact) mass is 571 g/mol. The molecule has 1 aliphatic carbocycles. The Morgan fingerprint density at radius 1 is 0.951 bits per heavy atom. The van der Waals surface area contributed by atoms with Crippen LogP contribution in [-0.2, 0) is 27.7 Å². The van der Waals surface area contributed by atoms with Crippen LogP contribution in [0.1, 0.15) is 76.7 Å². The number of ether oxygens (including phenoxy) is 1. The zero-order valence-corrected chi connectivity index (χ0v) is 24.0. The van der Waals surface area contributed by atoms with Crippen LogP contribution in [-0.4, -0.2) is 36.7 Å². The Kier molecular flexibility index (Phi) is 8.35. The number of nitrogens with zero attached hydrogens (tertiary/aromatic N) is 2. The van der Waals surface area contributed by atoms with Crippen molar-refractivity contribution in [3.63, 3.8) is 0 Å². The number of benzene rings is 3. The van der Waals surface area contributed by atoms with E-state index in [1.165, 1.54) is 6.07 Å². The fraction of sp³-hybridized carbons (Fsp3) is 0.281. The lowest BCUT2D eigenvalue weighted by Gasteiger charge is -2.13. The van der Waals surface area contributed by atoms with Crippen molar-refractivity contribution in [2.24, 2.45) is 0 Å². The molecular weight excluding hydrogens is 538 g/mol. The summed E-state index contributed by atoms with van der Waals surface area (Å²) in [7, 11) is -4.14. The highest BCUT2D eigenvalue weighted by Crippen LogP contribution is 2.42. The summed E-state index contributed by atoms with van der Waals surface area (Å²) in [5.74, 6) is -0.725. The maximum atomic E-state index is 13.2. The van der Waals surface area contributed by atoms with Crippen molar-refractivity contribution in [3.05, 3.63) is 107 Å². The second kappa shape index (κ2) is 12.1. The highest BCUT2D eigenvalue weighted by molar-refractivity contribution is 7.90. The first-order valence-corrected chi connectivity index (χ1v) is 15.4. The van der Waals surface area contributed by atoms with E-state index in [4.69, 9.17) is 9.84 Å². The Bertz CT molecular complexity index is 1660. The van der Waals surface area contributed by atoms with Gasteiger partial charge < -0.3 is 4.74 Å². The molecule has 1 fully saturated rings. The minimum atomic E-state index is -4.14. The van der Waals surface area contributed by atoms with Gasteiger partial charge in [0.25, 0.3) is 15.9 Å². The largest absolute Gasteiger partial charge is 0.462 e. The van der Waals surface area contributed by atoms with Gasteiger partial charge in [-0.25, -0.2) is 17.9 Å². The molecule has 0 saturated heterocycles. The molecule has 0 radical (unpaired) electrons. The fourth-order valence-corrected chi connectivity index (χ4v) is 6.13. The van der Waals surface area contributed by atoms with Crippen molar-refractivity contribution in [2.75, 3.05) is 6.61 Å². The lowest BCUT2D eigenvalue weighted by Crippen LogP contribution is -2.30. The van der Waals surface area contributed by atoms with Crippen LogP contribution in [0.3, 0.4) is 0 Å². The van der Waals surface area contributed by atoms with Gasteiger partial charge in [-0.3, -0.25) is 9.48 Å². The van der Waals surface area contributed by atoms with Crippen molar-refractivity contribution in [1.82, 2.24) is 14.5 Å². The van der Waals surface area contributed by atoms with E-state index in [0.717, 1.165) is 36.2 Å². The van der Waals surface area contributed by atoms with E-state index in [1.54, 1.807) is 55.5 Å². The summed E-state index contributed by atoms with van der Waals surface area (Å²) in [5, 5.41) is 4.83. The predicted octanol–water partition coefficient (Wildman–Crippen LogP) is 5.72. The smallest absolute Gasteiger partial charge is 0.341 e. The third-order valence-electron chi connectivity index (χ3n) is 7.04. The number of hydrogen-bond acceptors (Lipinski definition) is 6. The van der Waals surface area contributed by atoms with Gasteiger partial charge in [-0.2, -0.15) is 5.10 Å². The normalized spacial score (nSPS) is 13.1. The predicted molar refractivity (Wildman–Crippen MR) is 156 cm³/mol. The first-order chi connectivity index (χ1) is 19.8. The molecule has 0 atom stereocenters. The van der Waals surface area contributed by atoms with Gasteiger partial charge in [0.15, 0.2) is 0 Å². The topological polar surface area (TPSA) is 107 Å². The SMILES string of the molecule is CCCn1nc(C2CC2)c(C(=O)OCC)c1Cc1ccc(-c2ccccc2S(=O)(=O)NC(=O)c2ccccc2)cc1. The molecule has 0 bridgehead atoms. The molecule has 1 aliphatic rings. The molecule has 0 spiro atoms. The molecule has 1 saturated carbocycles. The van der Waals surface area contributed by atoms with Gasteiger partial charge in [0, 0.05) is 30.0 Å². The van der Waals surface area contributed by atoms with Crippen LogP contribution in [0.25, 0.3) is 11.1 Å². The molecule has 1 heterocycles. The standard InChI is InChI=1S/C32H33N3O5S/c1-3-20-35-27(29(32(37)40-4-2)30(33-35)24-18-19-24)21-22-14-16-23(17-15-22)26-12-8-9-13-28(26)41(38,39)34-31(36)25-10-6-5-7-11-25/h5-17,24H,3-4,18-21H2,1-2H3,(H,34,36). The van der Waals surface area contributed by atoms with Gasteiger partial charge in [-0.15, -0.1) is 0 Å². The van der Waals surface area contributed by atoms with Crippen molar-refractivity contribution in [1.29, 1.82) is 0 Å². The zero-order valence-electron chi connectivity index (χ0n) is 23.2. The summed E-state index contributed by atoms with van der Waals surface area (Å²) < 4.78 is 36.0. The first kappa shape index (κ1) is 28.3. The van der Waals surface area contributed by atoms with Crippen LogP contribution in [0, 0.1) is 0 Å². The molecule has 1 aromatic heterocycles. The molecule has 9 heteroatoms. The van der Waals surface area contributed by atoms with Crippen LogP contribution < -0.4 is 4.72 Å². The zero-order chi connectivity index (χ0) is 29.0. The molecule has 5 rings (SSSR count). The van der Waals surface area contributed by atoms with E-state index in [9.17, 15) is 18.0 Å². The third kappa shape index (κ3) is 6.25. The van der Waals surface area contributed by atoms with Gasteiger partial charge in [0.2, 0.25) is 0 Å². The second-order valence-corrected chi connectivity index (χ2v) is 11.7. The minimum absolute atomic E-state index is 0.0109. The first-order valence-electron chi connectivity index (χ1n) is 13.9. The number of amides is 1. The quantitative estimate of drug-likeness (QED) is 0.231. The molecule has 8 nitrogen and oxygen atoms in total. The van der Waals surface area contributed by atoms with Crippen LogP contribution in [0.2, 0.25) is 0 Å². The van der Waals surface area contributed by atoms with Gasteiger partial charge >= 0.3 is 5.97 Å². The van der Waals surface area contributed by atoms with Crippen LogP contribution in [0.4, 0.5) is 0 Å². The Morgan fingerprint density at radius 2 is 1.63 bits per heavy atom. The average Bonchev–Trinajstić information content (AvgIpc) is 3.77. The minimum Gasteiger partial charge on any atom is -0.462 e. The number of rotatable bonds is 11. The third-order valence-corrected chi connectivity index (χ3v) is 8.43. The molecule has 0 aliphatic heterocycles. The summed E-state index contributed by atoms with van der Waals surface area (Å²) in [4.78, 5) is 25.6. The number of aromatic nitrogens is 2. The summed E-state index contributed by atoms with van der Waals surface area (Å²) in [6.45, 7) is 4.88. The van der Waals surface area contributed by atoms with Crippen LogP contribution >= 0.6 is 0 Å². The molecule has 212 valence electrons. The van der Waals surface area contributed by atoms with E-state index >= 15 is 0 Å². The van der Waals surface area contributed by atoms with Crippen LogP contribution in [0.5, 0.6) is 0 Å². The number of sulfonamides is 1. The molecule has 1 amide bonds. The van der Waals surface area contributed by atoms with Gasteiger partial charge in [-0.05, 0) is 55.5 Å². The van der Waals surface area contributed by atoms with E-state index in [2.05, 4.69) is 11.6 Å². The second-order valence-electron chi connectivity index (χ2n) is 10.1. The Morgan fingerprint density at radius 3 is 2.29 bits per heavy atom. The molecule has 41 heavy (non-hydrogen) atoms. The summed E-state index contributed by atoms with van der Waals surface area (Å²) >= 11 is 0. The average molecular weight is 572 g/mol. The van der Waals surface area contributed by atoms with Crippen molar-refractivity contribution in [2.45, 2.75) is 56.9 Å². The van der Waals surface area contributed by atoms with Crippen molar-refractivity contribution in [3.8, 4) is 11.1 Å². The molecule has 0 unspecified atom stereocenters. The van der Waals surface area contributed by atoms with E-state index in [-0.39, 0.29) is 16.4 Å². The molecule has 4 aromatic rings. The van der Waals surface area contributed by atoms with Crippen LogP contribution in [0.15, 0.2) is 83.8 Å². The van der Waals surface area contributed by atoms with E-state index < -0.39 is 15.9 Å². The summed E-state index contributed by atoms with van der Waals surface area (Å²) in [5.41, 5.74) is 4.63. The molecular formula is C32H33N3O5S. The number of esters is 1. The number of aryl methyl sites for hydroxylation is 1. The Labute approximate surface area is 240 Å². The summed E-state index contributed by atoms with van der Waals surface area (Å²) in [6.07, 6.45) is 3.42. The highest BCUT2D eigenvalue weighted by atomic mass is 32.2. The maximum Gasteiger partial charge on any atom is 0.341 e. The lowest BCUT2D eigenvalue weighted by molar-refractivity contribution is 0.0523. The van der Waals surface area contributed by atoms with Gasteiger partial charge in [-0.1, -0.05) is 67.6 Å². The highest BCUT2D eigenvalue weighted by Gasteiger charge is 2.35. The van der Waals surface area contributed by atoms with E-state index in [0.29, 0.717) is 42.2 Å². The Balaban J connectivity index is 1.43. The molecule has 1 N–H and O–H groups in total. The van der Waals surface area contributed by atoms with Crippen molar-refractivity contribution < 1.29 is 22.7 Å².